The summed E-state index contributed by atoms with van der Waals surface area (Å²) in [7, 11) is 0. The molecule has 2 nitrogen and oxygen atoms in total. The van der Waals surface area contributed by atoms with E-state index < -0.39 is 6.10 Å². The third kappa shape index (κ3) is 4.79. The zero-order chi connectivity index (χ0) is 15.5. The van der Waals surface area contributed by atoms with Crippen LogP contribution in [0.3, 0.4) is 0 Å². The van der Waals surface area contributed by atoms with Crippen LogP contribution in [0.1, 0.15) is 51.7 Å². The molecule has 1 saturated heterocycles. The number of benzene rings is 1. The molecule has 3 heteroatoms. The first-order valence-electron chi connectivity index (χ1n) is 8.02. The molecule has 1 aliphatic rings. The fourth-order valence-electron chi connectivity index (χ4n) is 3.18. The average molecular weight is 293 g/mol. The van der Waals surface area contributed by atoms with Crippen LogP contribution in [0.25, 0.3) is 0 Å². The number of aliphatic hydroxyl groups is 1. The molecule has 0 saturated carbocycles. The number of piperidine rings is 1. The van der Waals surface area contributed by atoms with Gasteiger partial charge in [0.1, 0.15) is 5.82 Å². The SMILES string of the molecule is CC(C)(C)C1CCN(CCC(O)c2ccc(F)cc2)CC1. The molecule has 0 amide bonds. The number of likely N-dealkylation sites (tertiary alicyclic amines) is 1. The van der Waals surface area contributed by atoms with Gasteiger partial charge in [0.2, 0.25) is 0 Å². The Bertz CT molecular complexity index is 430. The van der Waals surface area contributed by atoms with Crippen LogP contribution in [0.15, 0.2) is 24.3 Å². The van der Waals surface area contributed by atoms with Crippen LogP contribution < -0.4 is 0 Å². The van der Waals surface area contributed by atoms with Crippen molar-refractivity contribution in [3.63, 3.8) is 0 Å². The first-order valence-corrected chi connectivity index (χ1v) is 8.02. The second-order valence-electron chi connectivity index (χ2n) is 7.34. The van der Waals surface area contributed by atoms with E-state index in [1.165, 1.54) is 25.0 Å². The van der Waals surface area contributed by atoms with Crippen molar-refractivity contribution in [3.05, 3.63) is 35.6 Å². The van der Waals surface area contributed by atoms with Crippen molar-refractivity contribution in [3.8, 4) is 0 Å². The van der Waals surface area contributed by atoms with Crippen molar-refractivity contribution < 1.29 is 9.50 Å². The van der Waals surface area contributed by atoms with Gasteiger partial charge in [-0.3, -0.25) is 0 Å². The lowest BCUT2D eigenvalue weighted by Crippen LogP contribution is -2.38. The molecule has 1 aromatic carbocycles. The highest BCUT2D eigenvalue weighted by molar-refractivity contribution is 5.18. The normalized spacial score (nSPS) is 19.7. The molecule has 1 N–H and O–H groups in total. The van der Waals surface area contributed by atoms with Crippen molar-refractivity contribution in [2.24, 2.45) is 11.3 Å². The van der Waals surface area contributed by atoms with Crippen molar-refractivity contribution in [2.45, 2.75) is 46.1 Å². The van der Waals surface area contributed by atoms with Gasteiger partial charge in [-0.15, -0.1) is 0 Å². The number of rotatable bonds is 4. The molecular weight excluding hydrogens is 265 g/mol. The molecule has 0 aromatic heterocycles. The zero-order valence-corrected chi connectivity index (χ0v) is 13.5. The van der Waals surface area contributed by atoms with Crippen molar-refractivity contribution in [2.75, 3.05) is 19.6 Å². The minimum absolute atomic E-state index is 0.254. The molecule has 0 radical (unpaired) electrons. The predicted molar refractivity (Wildman–Crippen MR) is 84.6 cm³/mol. The van der Waals surface area contributed by atoms with Crippen LogP contribution in [0, 0.1) is 17.2 Å². The van der Waals surface area contributed by atoms with E-state index in [-0.39, 0.29) is 5.82 Å². The highest BCUT2D eigenvalue weighted by Gasteiger charge is 2.28. The van der Waals surface area contributed by atoms with E-state index in [9.17, 15) is 9.50 Å². The van der Waals surface area contributed by atoms with Gasteiger partial charge >= 0.3 is 0 Å². The quantitative estimate of drug-likeness (QED) is 0.906. The average Bonchev–Trinajstić information content (AvgIpc) is 2.45. The Hall–Kier alpha value is -0.930. The van der Waals surface area contributed by atoms with E-state index in [4.69, 9.17) is 0 Å². The molecule has 1 aliphatic heterocycles. The predicted octanol–water partition coefficient (Wildman–Crippen LogP) is 4.01. The molecule has 1 atom stereocenters. The Labute approximate surface area is 128 Å². The maximum atomic E-state index is 12.9. The molecular formula is C18H28FNO. The zero-order valence-electron chi connectivity index (χ0n) is 13.5. The fourth-order valence-corrected chi connectivity index (χ4v) is 3.18. The monoisotopic (exact) mass is 293 g/mol. The van der Waals surface area contributed by atoms with Crippen LogP contribution in [-0.4, -0.2) is 29.6 Å². The van der Waals surface area contributed by atoms with Gasteiger partial charge in [0, 0.05) is 6.54 Å². The third-order valence-corrected chi connectivity index (χ3v) is 4.79. The summed E-state index contributed by atoms with van der Waals surface area (Å²) in [6.07, 6.45) is 2.71. The largest absolute Gasteiger partial charge is 0.388 e. The molecule has 21 heavy (non-hydrogen) atoms. The molecule has 118 valence electrons. The molecule has 1 aromatic rings. The highest BCUT2D eigenvalue weighted by Crippen LogP contribution is 2.34. The van der Waals surface area contributed by atoms with Crippen LogP contribution in [0.4, 0.5) is 4.39 Å². The number of halogens is 1. The minimum Gasteiger partial charge on any atom is -0.388 e. The molecule has 1 unspecified atom stereocenters. The summed E-state index contributed by atoms with van der Waals surface area (Å²) < 4.78 is 12.9. The summed E-state index contributed by atoms with van der Waals surface area (Å²) in [4.78, 5) is 2.44. The molecule has 1 fully saturated rings. The van der Waals surface area contributed by atoms with Gasteiger partial charge in [0.25, 0.3) is 0 Å². The summed E-state index contributed by atoms with van der Waals surface area (Å²) in [5, 5.41) is 10.2. The number of hydrogen-bond donors (Lipinski definition) is 1. The second-order valence-corrected chi connectivity index (χ2v) is 7.34. The Balaban J connectivity index is 1.76. The van der Waals surface area contributed by atoms with E-state index in [0.29, 0.717) is 11.8 Å². The maximum absolute atomic E-state index is 12.9. The molecule has 2 rings (SSSR count). The lowest BCUT2D eigenvalue weighted by molar-refractivity contribution is 0.0915. The molecule has 1 heterocycles. The van der Waals surface area contributed by atoms with Gasteiger partial charge in [0.15, 0.2) is 0 Å². The highest BCUT2D eigenvalue weighted by atomic mass is 19.1. The number of aliphatic hydroxyl groups excluding tert-OH is 1. The van der Waals surface area contributed by atoms with Gasteiger partial charge < -0.3 is 10.0 Å². The van der Waals surface area contributed by atoms with Crippen LogP contribution in [-0.2, 0) is 0 Å². The second kappa shape index (κ2) is 6.89. The van der Waals surface area contributed by atoms with Crippen molar-refractivity contribution in [1.29, 1.82) is 0 Å². The Morgan fingerprint density at radius 1 is 1.19 bits per heavy atom. The van der Waals surface area contributed by atoms with E-state index in [1.807, 2.05) is 0 Å². The lowest BCUT2D eigenvalue weighted by atomic mass is 9.75. The number of nitrogens with zero attached hydrogens (tertiary/aromatic N) is 1. The first kappa shape index (κ1) is 16.4. The summed E-state index contributed by atoms with van der Waals surface area (Å²) in [5.74, 6) is 0.547. The Morgan fingerprint density at radius 3 is 2.29 bits per heavy atom. The summed E-state index contributed by atoms with van der Waals surface area (Å²) >= 11 is 0. The third-order valence-electron chi connectivity index (χ3n) is 4.79. The van der Waals surface area contributed by atoms with Crippen LogP contribution in [0.5, 0.6) is 0 Å². The summed E-state index contributed by atoms with van der Waals surface area (Å²) in [5.41, 5.74) is 1.21. The Morgan fingerprint density at radius 2 is 1.76 bits per heavy atom. The van der Waals surface area contributed by atoms with Crippen LogP contribution in [0.2, 0.25) is 0 Å². The summed E-state index contributed by atoms with van der Waals surface area (Å²) in [6, 6.07) is 6.17. The van der Waals surface area contributed by atoms with E-state index in [2.05, 4.69) is 25.7 Å². The smallest absolute Gasteiger partial charge is 0.123 e. The van der Waals surface area contributed by atoms with E-state index in [0.717, 1.165) is 31.1 Å². The molecule has 0 spiro atoms. The minimum atomic E-state index is -0.495. The lowest BCUT2D eigenvalue weighted by Gasteiger charge is -2.39. The number of hydrogen-bond acceptors (Lipinski definition) is 2. The van der Waals surface area contributed by atoms with E-state index in [1.54, 1.807) is 12.1 Å². The summed E-state index contributed by atoms with van der Waals surface area (Å²) in [6.45, 7) is 10.1. The topological polar surface area (TPSA) is 23.5 Å². The van der Waals surface area contributed by atoms with Gasteiger partial charge in [-0.25, -0.2) is 4.39 Å². The first-order chi connectivity index (χ1) is 9.86. The van der Waals surface area contributed by atoms with Gasteiger partial charge in [0.05, 0.1) is 6.10 Å². The van der Waals surface area contributed by atoms with Crippen LogP contribution >= 0.6 is 0 Å². The standard InChI is InChI=1S/C18H28FNO/c1-18(2,3)15-8-11-20(12-9-15)13-10-17(21)14-4-6-16(19)7-5-14/h4-7,15,17,21H,8-13H2,1-3H3. The maximum Gasteiger partial charge on any atom is 0.123 e. The Kier molecular flexibility index (Phi) is 5.39. The molecule has 0 bridgehead atoms. The molecule has 0 aliphatic carbocycles. The van der Waals surface area contributed by atoms with Crippen molar-refractivity contribution >= 4 is 0 Å². The van der Waals surface area contributed by atoms with E-state index >= 15 is 0 Å². The van der Waals surface area contributed by atoms with Gasteiger partial charge in [-0.05, 0) is 61.4 Å². The van der Waals surface area contributed by atoms with Crippen molar-refractivity contribution in [1.82, 2.24) is 4.90 Å². The van der Waals surface area contributed by atoms with Gasteiger partial charge in [-0.2, -0.15) is 0 Å². The van der Waals surface area contributed by atoms with Gasteiger partial charge in [-0.1, -0.05) is 32.9 Å². The fraction of sp³-hybridized carbons (Fsp3) is 0.667.